The number of nitrogens with zero attached hydrogens (tertiary/aromatic N) is 1. The molecule has 0 aliphatic carbocycles. The van der Waals surface area contributed by atoms with Gasteiger partial charge in [0, 0.05) is 27.2 Å². The van der Waals surface area contributed by atoms with Crippen molar-refractivity contribution in [1.82, 2.24) is 10.2 Å². The molecular weight excluding hydrogens is 212 g/mol. The maximum absolute atomic E-state index is 11.5. The Hall–Kier alpha value is -1.30. The largest absolute Gasteiger partial charge is 0.481 e. The number of carboxylic acid groups (broad SMARTS) is 1. The van der Waals surface area contributed by atoms with E-state index in [1.165, 1.54) is 4.90 Å². The molecule has 94 valence electrons. The molecule has 16 heavy (non-hydrogen) atoms. The van der Waals surface area contributed by atoms with Gasteiger partial charge in [-0.2, -0.15) is 0 Å². The third-order valence-electron chi connectivity index (χ3n) is 2.24. The molecule has 0 rings (SSSR count). The van der Waals surface area contributed by atoms with Crippen LogP contribution in [0.3, 0.4) is 0 Å². The Balaban J connectivity index is 4.02. The van der Waals surface area contributed by atoms with Gasteiger partial charge in [-0.3, -0.25) is 4.79 Å². The second-order valence-corrected chi connectivity index (χ2v) is 4.26. The number of carbonyl (C=O) groups is 2. The highest BCUT2D eigenvalue weighted by molar-refractivity contribution is 5.77. The summed E-state index contributed by atoms with van der Waals surface area (Å²) in [5.74, 6) is -0.938. The SMILES string of the molecule is COCCN(C)C(=O)NCC(C)(C)C(=O)O. The molecule has 0 spiro atoms. The number of methoxy groups -OCH3 is 1. The van der Waals surface area contributed by atoms with Crippen molar-refractivity contribution < 1.29 is 19.4 Å². The van der Waals surface area contributed by atoms with Crippen molar-refractivity contribution in [2.24, 2.45) is 5.41 Å². The van der Waals surface area contributed by atoms with Gasteiger partial charge in [0.1, 0.15) is 0 Å². The van der Waals surface area contributed by atoms with Crippen molar-refractivity contribution in [3.8, 4) is 0 Å². The predicted molar refractivity (Wildman–Crippen MR) is 59.3 cm³/mol. The number of aliphatic carboxylic acids is 1. The van der Waals surface area contributed by atoms with E-state index in [4.69, 9.17) is 9.84 Å². The zero-order valence-corrected chi connectivity index (χ0v) is 10.2. The molecule has 0 aromatic carbocycles. The molecule has 0 fully saturated rings. The molecule has 6 nitrogen and oxygen atoms in total. The standard InChI is InChI=1S/C10H20N2O4/c1-10(2,8(13)14)7-11-9(15)12(3)5-6-16-4/h5-7H2,1-4H3,(H,11,15)(H,13,14). The number of rotatable bonds is 6. The first-order valence-corrected chi connectivity index (χ1v) is 5.02. The number of carboxylic acids is 1. The van der Waals surface area contributed by atoms with Gasteiger partial charge in [-0.15, -0.1) is 0 Å². The van der Waals surface area contributed by atoms with E-state index in [0.717, 1.165) is 0 Å². The van der Waals surface area contributed by atoms with Crippen molar-refractivity contribution in [1.29, 1.82) is 0 Å². The summed E-state index contributed by atoms with van der Waals surface area (Å²) in [6.45, 7) is 4.14. The number of nitrogens with one attached hydrogen (secondary N) is 1. The second kappa shape index (κ2) is 6.32. The van der Waals surface area contributed by atoms with E-state index in [-0.39, 0.29) is 12.6 Å². The van der Waals surface area contributed by atoms with E-state index >= 15 is 0 Å². The maximum Gasteiger partial charge on any atom is 0.317 e. The number of likely N-dealkylation sites (N-methyl/N-ethyl adjacent to an activating group) is 1. The fraction of sp³-hybridized carbons (Fsp3) is 0.800. The number of ether oxygens (including phenoxy) is 1. The Morgan fingerprint density at radius 2 is 2.00 bits per heavy atom. The van der Waals surface area contributed by atoms with Crippen LogP contribution in [0.1, 0.15) is 13.8 Å². The molecule has 0 aromatic heterocycles. The molecular formula is C10H20N2O4. The highest BCUT2D eigenvalue weighted by Crippen LogP contribution is 2.12. The van der Waals surface area contributed by atoms with Crippen molar-refractivity contribution in [2.75, 3.05) is 33.9 Å². The van der Waals surface area contributed by atoms with Crippen molar-refractivity contribution >= 4 is 12.0 Å². The van der Waals surface area contributed by atoms with Gasteiger partial charge in [0.05, 0.1) is 12.0 Å². The topological polar surface area (TPSA) is 78.9 Å². The molecule has 0 saturated heterocycles. The van der Waals surface area contributed by atoms with Gasteiger partial charge in [0.25, 0.3) is 0 Å². The van der Waals surface area contributed by atoms with Crippen molar-refractivity contribution in [3.05, 3.63) is 0 Å². The lowest BCUT2D eigenvalue weighted by molar-refractivity contribution is -0.146. The second-order valence-electron chi connectivity index (χ2n) is 4.26. The third kappa shape index (κ3) is 4.97. The number of carbonyl (C=O) groups excluding carboxylic acids is 1. The minimum absolute atomic E-state index is 0.0957. The van der Waals surface area contributed by atoms with Crippen molar-refractivity contribution in [2.45, 2.75) is 13.8 Å². The highest BCUT2D eigenvalue weighted by Gasteiger charge is 2.27. The van der Waals surface area contributed by atoms with E-state index in [1.54, 1.807) is 28.0 Å². The summed E-state index contributed by atoms with van der Waals surface area (Å²) in [5.41, 5.74) is -0.961. The zero-order valence-electron chi connectivity index (χ0n) is 10.2. The summed E-state index contributed by atoms with van der Waals surface area (Å²) in [4.78, 5) is 23.7. The average molecular weight is 232 g/mol. The number of amides is 2. The average Bonchev–Trinajstić information content (AvgIpc) is 2.22. The summed E-state index contributed by atoms with van der Waals surface area (Å²) < 4.78 is 4.83. The van der Waals surface area contributed by atoms with E-state index in [2.05, 4.69) is 5.32 Å². The first-order chi connectivity index (χ1) is 7.31. The summed E-state index contributed by atoms with van der Waals surface area (Å²) in [6.07, 6.45) is 0. The minimum Gasteiger partial charge on any atom is -0.481 e. The van der Waals surface area contributed by atoms with Crippen LogP contribution >= 0.6 is 0 Å². The quantitative estimate of drug-likeness (QED) is 0.694. The van der Waals surface area contributed by atoms with E-state index in [0.29, 0.717) is 13.2 Å². The molecule has 0 aromatic rings. The number of hydrogen-bond donors (Lipinski definition) is 2. The van der Waals surface area contributed by atoms with Gasteiger partial charge in [-0.05, 0) is 13.8 Å². The van der Waals surface area contributed by atoms with Gasteiger partial charge in [0.2, 0.25) is 0 Å². The summed E-state index contributed by atoms with van der Waals surface area (Å²) >= 11 is 0. The molecule has 0 radical (unpaired) electrons. The first kappa shape index (κ1) is 14.7. The zero-order chi connectivity index (χ0) is 12.8. The van der Waals surface area contributed by atoms with Crippen LogP contribution < -0.4 is 5.32 Å². The highest BCUT2D eigenvalue weighted by atomic mass is 16.5. The molecule has 0 bridgehead atoms. The Labute approximate surface area is 95.6 Å². The Morgan fingerprint density at radius 1 is 1.44 bits per heavy atom. The van der Waals surface area contributed by atoms with Crippen LogP contribution in [-0.2, 0) is 9.53 Å². The molecule has 2 N–H and O–H groups in total. The molecule has 0 aliphatic heterocycles. The fourth-order valence-corrected chi connectivity index (χ4v) is 0.837. The Kier molecular flexibility index (Phi) is 5.81. The summed E-state index contributed by atoms with van der Waals surface area (Å²) in [7, 11) is 3.18. The van der Waals surface area contributed by atoms with Gasteiger partial charge < -0.3 is 20.1 Å². The van der Waals surface area contributed by atoms with E-state index < -0.39 is 11.4 Å². The van der Waals surface area contributed by atoms with Crippen LogP contribution in [-0.4, -0.2) is 55.9 Å². The van der Waals surface area contributed by atoms with Crippen LogP contribution in [0.5, 0.6) is 0 Å². The Morgan fingerprint density at radius 3 is 2.44 bits per heavy atom. The first-order valence-electron chi connectivity index (χ1n) is 5.02. The fourth-order valence-electron chi connectivity index (χ4n) is 0.837. The molecule has 0 saturated carbocycles. The number of hydrogen-bond acceptors (Lipinski definition) is 3. The summed E-state index contributed by atoms with van der Waals surface area (Å²) in [6, 6.07) is -0.300. The van der Waals surface area contributed by atoms with Gasteiger partial charge >= 0.3 is 12.0 Å². The third-order valence-corrected chi connectivity index (χ3v) is 2.24. The molecule has 0 unspecified atom stereocenters. The molecule has 6 heteroatoms. The predicted octanol–water partition coefficient (Wildman–Crippen LogP) is 0.385. The van der Waals surface area contributed by atoms with Crippen LogP contribution in [0.2, 0.25) is 0 Å². The monoisotopic (exact) mass is 232 g/mol. The van der Waals surface area contributed by atoms with Crippen molar-refractivity contribution in [3.63, 3.8) is 0 Å². The van der Waals surface area contributed by atoms with E-state index in [1.807, 2.05) is 0 Å². The molecule has 0 heterocycles. The lowest BCUT2D eigenvalue weighted by Gasteiger charge is -2.23. The smallest absolute Gasteiger partial charge is 0.317 e. The van der Waals surface area contributed by atoms with Gasteiger partial charge in [-0.1, -0.05) is 0 Å². The molecule has 2 amide bonds. The van der Waals surface area contributed by atoms with Crippen LogP contribution in [0.4, 0.5) is 4.79 Å². The van der Waals surface area contributed by atoms with Gasteiger partial charge in [-0.25, -0.2) is 4.79 Å². The molecule has 0 aliphatic rings. The lowest BCUT2D eigenvalue weighted by Crippen LogP contribution is -2.45. The van der Waals surface area contributed by atoms with Crippen LogP contribution in [0.15, 0.2) is 0 Å². The Bertz CT molecular complexity index is 253. The van der Waals surface area contributed by atoms with E-state index in [9.17, 15) is 9.59 Å². The minimum atomic E-state index is -0.961. The van der Waals surface area contributed by atoms with Gasteiger partial charge in [0.15, 0.2) is 0 Å². The maximum atomic E-state index is 11.5. The summed E-state index contributed by atoms with van der Waals surface area (Å²) in [5, 5.41) is 11.4. The van der Waals surface area contributed by atoms with Crippen LogP contribution in [0, 0.1) is 5.41 Å². The normalized spacial score (nSPS) is 11.0. The molecule has 0 atom stereocenters. The van der Waals surface area contributed by atoms with Crippen LogP contribution in [0.25, 0.3) is 0 Å². The number of urea groups is 1. The lowest BCUT2D eigenvalue weighted by atomic mass is 9.94.